The standard InChI is InChI=1S/C9H14N2O2/c12-6-8-1-2-11(4-8)5-9-3-10-13-7-9/h3,7-8,12H,1-2,4-6H2. The van der Waals surface area contributed by atoms with E-state index in [2.05, 4.69) is 10.1 Å². The van der Waals surface area contributed by atoms with Crippen LogP contribution in [-0.2, 0) is 6.54 Å². The molecule has 1 aliphatic rings. The highest BCUT2D eigenvalue weighted by Crippen LogP contribution is 2.17. The second-order valence-corrected chi connectivity index (χ2v) is 3.61. The fourth-order valence-electron chi connectivity index (χ4n) is 1.77. The van der Waals surface area contributed by atoms with E-state index in [0.29, 0.717) is 12.5 Å². The lowest BCUT2D eigenvalue weighted by atomic mass is 10.1. The third-order valence-electron chi connectivity index (χ3n) is 2.52. The van der Waals surface area contributed by atoms with E-state index in [1.165, 1.54) is 0 Å². The highest BCUT2D eigenvalue weighted by molar-refractivity contribution is 5.00. The number of aliphatic hydroxyl groups is 1. The lowest BCUT2D eigenvalue weighted by Crippen LogP contribution is -2.20. The summed E-state index contributed by atoms with van der Waals surface area (Å²) in [5.41, 5.74) is 1.11. The second kappa shape index (κ2) is 3.89. The van der Waals surface area contributed by atoms with Gasteiger partial charge in [0.15, 0.2) is 0 Å². The summed E-state index contributed by atoms with van der Waals surface area (Å²) < 4.78 is 4.75. The summed E-state index contributed by atoms with van der Waals surface area (Å²) in [4.78, 5) is 2.31. The molecule has 0 aromatic carbocycles. The van der Waals surface area contributed by atoms with Crippen molar-refractivity contribution in [2.75, 3.05) is 19.7 Å². The number of aromatic nitrogens is 1. The molecule has 0 spiro atoms. The summed E-state index contributed by atoms with van der Waals surface area (Å²) >= 11 is 0. The normalized spacial score (nSPS) is 23.9. The molecule has 1 aliphatic heterocycles. The van der Waals surface area contributed by atoms with Gasteiger partial charge in [-0.3, -0.25) is 4.90 Å². The first-order valence-electron chi connectivity index (χ1n) is 4.60. The minimum Gasteiger partial charge on any atom is -0.396 e. The van der Waals surface area contributed by atoms with Gasteiger partial charge in [0.2, 0.25) is 0 Å². The summed E-state index contributed by atoms with van der Waals surface area (Å²) in [7, 11) is 0. The molecule has 0 amide bonds. The number of hydrogen-bond donors (Lipinski definition) is 1. The van der Waals surface area contributed by atoms with E-state index in [1.807, 2.05) is 0 Å². The van der Waals surface area contributed by atoms with E-state index in [1.54, 1.807) is 12.5 Å². The Bertz CT molecular complexity index is 248. The molecule has 1 unspecified atom stereocenters. The van der Waals surface area contributed by atoms with Crippen LogP contribution in [0, 0.1) is 5.92 Å². The third-order valence-corrected chi connectivity index (χ3v) is 2.52. The maximum Gasteiger partial charge on any atom is 0.128 e. The largest absolute Gasteiger partial charge is 0.396 e. The molecule has 72 valence electrons. The minimum absolute atomic E-state index is 0.306. The van der Waals surface area contributed by atoms with Crippen LogP contribution in [-0.4, -0.2) is 34.9 Å². The predicted molar refractivity (Wildman–Crippen MR) is 47.0 cm³/mol. The summed E-state index contributed by atoms with van der Waals surface area (Å²) in [6, 6.07) is 0. The van der Waals surface area contributed by atoms with Gasteiger partial charge < -0.3 is 9.63 Å². The summed E-state index contributed by atoms with van der Waals surface area (Å²) in [6.45, 7) is 3.25. The van der Waals surface area contributed by atoms with E-state index >= 15 is 0 Å². The molecule has 0 saturated carbocycles. The Balaban J connectivity index is 1.84. The zero-order valence-corrected chi connectivity index (χ0v) is 7.52. The molecular formula is C9H14N2O2. The number of hydrogen-bond acceptors (Lipinski definition) is 4. The molecule has 1 N–H and O–H groups in total. The van der Waals surface area contributed by atoms with Crippen LogP contribution in [0.3, 0.4) is 0 Å². The molecule has 1 aromatic rings. The van der Waals surface area contributed by atoms with Crippen molar-refractivity contribution in [3.8, 4) is 0 Å². The van der Waals surface area contributed by atoms with Gasteiger partial charge in [-0.25, -0.2) is 0 Å². The van der Waals surface area contributed by atoms with Gasteiger partial charge >= 0.3 is 0 Å². The zero-order chi connectivity index (χ0) is 9.10. The topological polar surface area (TPSA) is 49.5 Å². The van der Waals surface area contributed by atoms with E-state index in [-0.39, 0.29) is 0 Å². The van der Waals surface area contributed by atoms with Gasteiger partial charge in [-0.05, 0) is 18.9 Å². The molecule has 1 aromatic heterocycles. The molecule has 2 rings (SSSR count). The SMILES string of the molecule is OCC1CCN(Cc2cnoc2)C1. The summed E-state index contributed by atoms with van der Waals surface area (Å²) in [6.07, 6.45) is 4.51. The molecule has 13 heavy (non-hydrogen) atoms. The van der Waals surface area contributed by atoms with Crippen molar-refractivity contribution in [3.05, 3.63) is 18.0 Å². The zero-order valence-electron chi connectivity index (χ0n) is 7.52. The highest BCUT2D eigenvalue weighted by Gasteiger charge is 2.21. The van der Waals surface area contributed by atoms with Crippen LogP contribution in [0.15, 0.2) is 17.0 Å². The molecule has 4 heteroatoms. The van der Waals surface area contributed by atoms with Gasteiger partial charge in [0.25, 0.3) is 0 Å². The molecule has 0 bridgehead atoms. The van der Waals surface area contributed by atoms with Crippen molar-refractivity contribution in [2.45, 2.75) is 13.0 Å². The van der Waals surface area contributed by atoms with Crippen LogP contribution >= 0.6 is 0 Å². The predicted octanol–water partition coefficient (Wildman–Crippen LogP) is 0.489. The van der Waals surface area contributed by atoms with Gasteiger partial charge in [-0.2, -0.15) is 0 Å². The third kappa shape index (κ3) is 2.08. The van der Waals surface area contributed by atoms with Gasteiger partial charge in [0.05, 0.1) is 6.20 Å². The molecule has 0 radical (unpaired) electrons. The fraction of sp³-hybridized carbons (Fsp3) is 0.667. The van der Waals surface area contributed by atoms with Crippen molar-refractivity contribution in [3.63, 3.8) is 0 Å². The number of aliphatic hydroxyl groups excluding tert-OH is 1. The lowest BCUT2D eigenvalue weighted by Gasteiger charge is -2.13. The van der Waals surface area contributed by atoms with Gasteiger partial charge in [0.1, 0.15) is 6.26 Å². The molecular weight excluding hydrogens is 168 g/mol. The van der Waals surface area contributed by atoms with E-state index in [9.17, 15) is 0 Å². The van der Waals surface area contributed by atoms with Gasteiger partial charge in [-0.1, -0.05) is 5.16 Å². The number of rotatable bonds is 3. The molecule has 1 atom stereocenters. The highest BCUT2D eigenvalue weighted by atomic mass is 16.5. The Morgan fingerprint density at radius 2 is 2.62 bits per heavy atom. The maximum atomic E-state index is 8.95. The smallest absolute Gasteiger partial charge is 0.128 e. The average Bonchev–Trinajstić information content (AvgIpc) is 2.76. The minimum atomic E-state index is 0.306. The Morgan fingerprint density at radius 3 is 3.23 bits per heavy atom. The van der Waals surface area contributed by atoms with Crippen LogP contribution in [0.2, 0.25) is 0 Å². The monoisotopic (exact) mass is 182 g/mol. The molecule has 4 nitrogen and oxygen atoms in total. The summed E-state index contributed by atoms with van der Waals surface area (Å²) in [5, 5.41) is 12.6. The Morgan fingerprint density at radius 1 is 1.69 bits per heavy atom. The van der Waals surface area contributed by atoms with Crippen LogP contribution in [0.5, 0.6) is 0 Å². The van der Waals surface area contributed by atoms with E-state index in [0.717, 1.165) is 31.6 Å². The van der Waals surface area contributed by atoms with Crippen LogP contribution < -0.4 is 0 Å². The van der Waals surface area contributed by atoms with Crippen LogP contribution in [0.1, 0.15) is 12.0 Å². The molecule has 1 fully saturated rings. The first-order chi connectivity index (χ1) is 6.38. The maximum absolute atomic E-state index is 8.95. The van der Waals surface area contributed by atoms with Crippen molar-refractivity contribution >= 4 is 0 Å². The Kier molecular flexibility index (Phi) is 2.61. The van der Waals surface area contributed by atoms with Crippen molar-refractivity contribution < 1.29 is 9.63 Å². The Hall–Kier alpha value is -0.870. The molecule has 1 saturated heterocycles. The second-order valence-electron chi connectivity index (χ2n) is 3.61. The van der Waals surface area contributed by atoms with Crippen molar-refractivity contribution in [1.29, 1.82) is 0 Å². The fourth-order valence-corrected chi connectivity index (χ4v) is 1.77. The van der Waals surface area contributed by atoms with Crippen molar-refractivity contribution in [1.82, 2.24) is 10.1 Å². The first-order valence-corrected chi connectivity index (χ1v) is 4.60. The quantitative estimate of drug-likeness (QED) is 0.739. The number of likely N-dealkylation sites (tertiary alicyclic amines) is 1. The molecule has 2 heterocycles. The van der Waals surface area contributed by atoms with Crippen LogP contribution in [0.25, 0.3) is 0 Å². The first kappa shape index (κ1) is 8.72. The average molecular weight is 182 g/mol. The van der Waals surface area contributed by atoms with E-state index < -0.39 is 0 Å². The van der Waals surface area contributed by atoms with Gasteiger partial charge in [-0.15, -0.1) is 0 Å². The van der Waals surface area contributed by atoms with Gasteiger partial charge in [0, 0.05) is 25.3 Å². The van der Waals surface area contributed by atoms with E-state index in [4.69, 9.17) is 9.63 Å². The lowest BCUT2D eigenvalue weighted by molar-refractivity contribution is 0.220. The summed E-state index contributed by atoms with van der Waals surface area (Å²) in [5.74, 6) is 0.458. The Labute approximate surface area is 77.1 Å². The number of nitrogens with zero attached hydrogens (tertiary/aromatic N) is 2. The van der Waals surface area contributed by atoms with Crippen LogP contribution in [0.4, 0.5) is 0 Å². The van der Waals surface area contributed by atoms with Crippen molar-refractivity contribution in [2.24, 2.45) is 5.92 Å². The molecule has 0 aliphatic carbocycles.